The predicted octanol–water partition coefficient (Wildman–Crippen LogP) is 5.93. The fourth-order valence-electron chi connectivity index (χ4n) is 4.37. The van der Waals surface area contributed by atoms with E-state index in [-0.39, 0.29) is 31.1 Å². The number of carbonyl (C=O) groups is 1. The molecule has 6 nitrogen and oxygen atoms in total. The third-order valence-corrected chi connectivity index (χ3v) is 7.06. The quantitative estimate of drug-likeness (QED) is 0.198. The van der Waals surface area contributed by atoms with Crippen molar-refractivity contribution >= 4 is 22.9 Å². The number of hydroxylamine groups is 1. The molecular weight excluding hydrogens is 472 g/mol. The standard InChI is InChI=1S/C29H32N2O4S/c1-5-8-20-17-21(9-6-12-26(20)35-19(2)3)29-30-18-27(36-29)24-11-7-10-23-22(24)13-14-25(23)31-34-16-15-28(32)33-4/h7,9-12,17-19,25,31H,6,13-16H2,1-4H3. The summed E-state index contributed by atoms with van der Waals surface area (Å²) in [5.74, 6) is 6.76. The van der Waals surface area contributed by atoms with Crippen LogP contribution in [-0.2, 0) is 25.5 Å². The van der Waals surface area contributed by atoms with Gasteiger partial charge in [0.25, 0.3) is 0 Å². The molecule has 0 fully saturated rings. The van der Waals surface area contributed by atoms with Gasteiger partial charge < -0.3 is 14.3 Å². The van der Waals surface area contributed by atoms with Gasteiger partial charge in [0.15, 0.2) is 0 Å². The van der Waals surface area contributed by atoms with Gasteiger partial charge in [-0.15, -0.1) is 17.3 Å². The first-order valence-corrected chi connectivity index (χ1v) is 13.1. The lowest BCUT2D eigenvalue weighted by molar-refractivity contribution is -0.142. The molecule has 1 unspecified atom stereocenters. The molecule has 1 aromatic carbocycles. The van der Waals surface area contributed by atoms with Gasteiger partial charge in [-0.05, 0) is 68.9 Å². The summed E-state index contributed by atoms with van der Waals surface area (Å²) in [4.78, 5) is 22.8. The summed E-state index contributed by atoms with van der Waals surface area (Å²) >= 11 is 1.69. The summed E-state index contributed by atoms with van der Waals surface area (Å²) in [6.07, 6.45) is 11.3. The first-order valence-electron chi connectivity index (χ1n) is 12.2. The van der Waals surface area contributed by atoms with Gasteiger partial charge in [-0.2, -0.15) is 5.48 Å². The molecule has 7 heteroatoms. The third-order valence-electron chi connectivity index (χ3n) is 5.98. The molecule has 4 rings (SSSR count). The number of methoxy groups -OCH3 is 1. The second-order valence-corrected chi connectivity index (χ2v) is 9.88. The van der Waals surface area contributed by atoms with E-state index in [4.69, 9.17) is 14.6 Å². The molecule has 0 aliphatic heterocycles. The SMILES string of the molecule is CC#CC1=CC(c2ncc(-c3cccc4c3CCC4NOCCC(=O)OC)s2)=CCC=C1OC(C)C. The van der Waals surface area contributed by atoms with E-state index in [1.807, 2.05) is 27.0 Å². The monoisotopic (exact) mass is 504 g/mol. The zero-order valence-electron chi connectivity index (χ0n) is 21.2. The lowest BCUT2D eigenvalue weighted by Gasteiger charge is -2.14. The molecule has 2 aliphatic carbocycles. The minimum atomic E-state index is -0.279. The molecule has 0 saturated carbocycles. The zero-order valence-corrected chi connectivity index (χ0v) is 22.0. The average Bonchev–Trinajstić information content (AvgIpc) is 3.47. The van der Waals surface area contributed by atoms with Crippen molar-refractivity contribution in [3.8, 4) is 22.3 Å². The van der Waals surface area contributed by atoms with Gasteiger partial charge in [0, 0.05) is 11.8 Å². The van der Waals surface area contributed by atoms with E-state index in [9.17, 15) is 4.79 Å². The van der Waals surface area contributed by atoms with Gasteiger partial charge in [0.05, 0.1) is 42.7 Å². The summed E-state index contributed by atoms with van der Waals surface area (Å²) in [6.45, 7) is 6.17. The Kier molecular flexibility index (Phi) is 8.76. The molecule has 0 saturated heterocycles. The topological polar surface area (TPSA) is 69.7 Å². The lowest BCUT2D eigenvalue weighted by Crippen LogP contribution is -2.21. The number of rotatable bonds is 9. The molecule has 0 bridgehead atoms. The van der Waals surface area contributed by atoms with E-state index < -0.39 is 0 Å². The minimum absolute atomic E-state index is 0.0862. The highest BCUT2D eigenvalue weighted by Gasteiger charge is 2.26. The second-order valence-electron chi connectivity index (χ2n) is 8.85. The second kappa shape index (κ2) is 12.2. The van der Waals surface area contributed by atoms with Crippen LogP contribution in [-0.4, -0.2) is 30.8 Å². The van der Waals surface area contributed by atoms with Crippen molar-refractivity contribution in [3.05, 3.63) is 70.1 Å². The number of nitrogens with zero attached hydrogens (tertiary/aromatic N) is 1. The Labute approximate surface area is 217 Å². The van der Waals surface area contributed by atoms with Crippen molar-refractivity contribution in [1.82, 2.24) is 10.5 Å². The first kappa shape index (κ1) is 25.9. The number of carbonyl (C=O) groups excluding carboxylic acids is 1. The number of aromatic nitrogens is 1. The molecule has 2 aromatic rings. The molecule has 1 N–H and O–H groups in total. The number of hydrogen-bond acceptors (Lipinski definition) is 7. The number of hydrogen-bond donors (Lipinski definition) is 1. The smallest absolute Gasteiger partial charge is 0.307 e. The van der Waals surface area contributed by atoms with Crippen LogP contribution in [0.4, 0.5) is 0 Å². The Balaban J connectivity index is 1.52. The number of allylic oxidation sites excluding steroid dienone is 5. The first-order chi connectivity index (χ1) is 17.5. The number of thiazole rings is 1. The van der Waals surface area contributed by atoms with Crippen molar-refractivity contribution in [1.29, 1.82) is 0 Å². The molecule has 0 radical (unpaired) electrons. The molecular formula is C29H32N2O4S. The van der Waals surface area contributed by atoms with Crippen molar-refractivity contribution in [2.24, 2.45) is 0 Å². The highest BCUT2D eigenvalue weighted by molar-refractivity contribution is 7.16. The number of fused-ring (bicyclic) bond motifs is 1. The van der Waals surface area contributed by atoms with E-state index in [1.165, 1.54) is 23.8 Å². The fourth-order valence-corrected chi connectivity index (χ4v) is 5.35. The van der Waals surface area contributed by atoms with E-state index in [0.29, 0.717) is 0 Å². The Morgan fingerprint density at radius 1 is 1.31 bits per heavy atom. The Bertz CT molecular complexity index is 1260. The third kappa shape index (κ3) is 6.14. The molecule has 36 heavy (non-hydrogen) atoms. The Morgan fingerprint density at radius 2 is 2.17 bits per heavy atom. The maximum Gasteiger partial charge on any atom is 0.307 e. The zero-order chi connectivity index (χ0) is 25.5. The Morgan fingerprint density at radius 3 is 2.94 bits per heavy atom. The van der Waals surface area contributed by atoms with E-state index in [1.54, 1.807) is 11.3 Å². The summed E-state index contributed by atoms with van der Waals surface area (Å²) < 4.78 is 10.7. The fraction of sp³-hybridized carbons (Fsp3) is 0.379. The molecule has 0 amide bonds. The Hall–Kier alpha value is -3.18. The van der Waals surface area contributed by atoms with Crippen molar-refractivity contribution in [2.75, 3.05) is 13.7 Å². The van der Waals surface area contributed by atoms with Crippen LogP contribution in [0, 0.1) is 11.8 Å². The summed E-state index contributed by atoms with van der Waals surface area (Å²) in [5, 5.41) is 0.969. The van der Waals surface area contributed by atoms with Crippen molar-refractivity contribution < 1.29 is 19.1 Å². The van der Waals surface area contributed by atoms with Crippen LogP contribution in [0.5, 0.6) is 0 Å². The van der Waals surface area contributed by atoms with Crippen LogP contribution >= 0.6 is 11.3 Å². The minimum Gasteiger partial charge on any atom is -0.490 e. The highest BCUT2D eigenvalue weighted by Crippen LogP contribution is 2.40. The van der Waals surface area contributed by atoms with Crippen LogP contribution in [0.25, 0.3) is 16.0 Å². The number of benzene rings is 1. The van der Waals surface area contributed by atoms with Gasteiger partial charge in [0.1, 0.15) is 10.8 Å². The predicted molar refractivity (Wildman–Crippen MR) is 143 cm³/mol. The van der Waals surface area contributed by atoms with Crippen molar-refractivity contribution in [2.45, 2.75) is 58.6 Å². The largest absolute Gasteiger partial charge is 0.490 e. The molecule has 0 spiro atoms. The van der Waals surface area contributed by atoms with E-state index in [2.05, 4.69) is 58.5 Å². The van der Waals surface area contributed by atoms with E-state index in [0.717, 1.165) is 46.1 Å². The van der Waals surface area contributed by atoms with Gasteiger partial charge in [0.2, 0.25) is 0 Å². The highest BCUT2D eigenvalue weighted by atomic mass is 32.1. The van der Waals surface area contributed by atoms with Gasteiger partial charge in [-0.3, -0.25) is 4.79 Å². The van der Waals surface area contributed by atoms with Gasteiger partial charge >= 0.3 is 5.97 Å². The van der Waals surface area contributed by atoms with Crippen molar-refractivity contribution in [3.63, 3.8) is 0 Å². The normalized spacial score (nSPS) is 16.8. The lowest BCUT2D eigenvalue weighted by atomic mass is 10.0. The molecule has 2 aliphatic rings. The molecule has 1 aromatic heterocycles. The average molecular weight is 505 g/mol. The number of ether oxygens (including phenoxy) is 2. The number of nitrogens with one attached hydrogen (secondary N) is 1. The summed E-state index contributed by atoms with van der Waals surface area (Å²) in [6, 6.07) is 6.49. The summed E-state index contributed by atoms with van der Waals surface area (Å²) in [7, 11) is 1.38. The van der Waals surface area contributed by atoms with Crippen LogP contribution < -0.4 is 5.48 Å². The van der Waals surface area contributed by atoms with Gasteiger partial charge in [-0.25, -0.2) is 4.98 Å². The molecule has 188 valence electrons. The van der Waals surface area contributed by atoms with Crippen LogP contribution in [0.1, 0.15) is 62.2 Å². The summed E-state index contributed by atoms with van der Waals surface area (Å²) in [5.41, 5.74) is 8.83. The van der Waals surface area contributed by atoms with Crippen LogP contribution in [0.15, 0.2) is 54.0 Å². The van der Waals surface area contributed by atoms with Gasteiger partial charge in [-0.1, -0.05) is 30.2 Å². The molecule has 1 atom stereocenters. The number of esters is 1. The molecule has 1 heterocycles. The maximum absolute atomic E-state index is 11.3. The van der Waals surface area contributed by atoms with Crippen LogP contribution in [0.2, 0.25) is 0 Å². The maximum atomic E-state index is 11.3. The van der Waals surface area contributed by atoms with E-state index >= 15 is 0 Å². The van der Waals surface area contributed by atoms with Crippen LogP contribution in [0.3, 0.4) is 0 Å².